The largest absolute Gasteiger partial charge is 0.504 e. The molecule has 2 aromatic rings. The highest BCUT2D eigenvalue weighted by Crippen LogP contribution is 2.31. The second-order valence-electron chi connectivity index (χ2n) is 6.71. The van der Waals surface area contributed by atoms with E-state index in [1.165, 1.54) is 12.1 Å². The molecule has 1 saturated heterocycles. The lowest BCUT2D eigenvalue weighted by molar-refractivity contribution is 0.257. The zero-order valence-electron chi connectivity index (χ0n) is 15.2. The molecule has 0 bridgehead atoms. The molecule has 2 aromatic carbocycles. The molecule has 0 aromatic heterocycles. The maximum absolute atomic E-state index is 13.2. The first-order chi connectivity index (χ1) is 12.6. The van der Waals surface area contributed by atoms with E-state index in [1.54, 1.807) is 6.07 Å². The van der Waals surface area contributed by atoms with Crippen molar-refractivity contribution >= 4 is 0 Å². The highest BCUT2D eigenvalue weighted by Gasteiger charge is 2.29. The van der Waals surface area contributed by atoms with Crippen LogP contribution in [0.5, 0.6) is 11.5 Å². The van der Waals surface area contributed by atoms with E-state index in [0.717, 1.165) is 24.2 Å². The molecule has 0 amide bonds. The maximum atomic E-state index is 13.2. The van der Waals surface area contributed by atoms with Gasteiger partial charge in [0.2, 0.25) is 0 Å². The van der Waals surface area contributed by atoms with Crippen LogP contribution in [-0.2, 0) is 6.54 Å². The van der Waals surface area contributed by atoms with Crippen molar-refractivity contribution in [1.29, 1.82) is 0 Å². The van der Waals surface area contributed by atoms with E-state index in [4.69, 9.17) is 4.74 Å². The molecular weight excluding hydrogens is 333 g/mol. The monoisotopic (exact) mass is 359 g/mol. The maximum Gasteiger partial charge on any atom is 0.162 e. The number of aromatic hydroxyl groups is 1. The van der Waals surface area contributed by atoms with Gasteiger partial charge in [0, 0.05) is 31.1 Å². The average molecular weight is 359 g/mol. The molecule has 0 spiro atoms. The Labute approximate surface area is 153 Å². The van der Waals surface area contributed by atoms with Crippen molar-refractivity contribution in [2.45, 2.75) is 19.5 Å². The van der Waals surface area contributed by atoms with Gasteiger partial charge in [-0.2, -0.15) is 0 Å². The highest BCUT2D eigenvalue weighted by molar-refractivity contribution is 5.45. The van der Waals surface area contributed by atoms with Gasteiger partial charge in [0.15, 0.2) is 11.5 Å². The first-order valence-corrected chi connectivity index (χ1v) is 8.94. The van der Waals surface area contributed by atoms with Crippen LogP contribution in [-0.4, -0.2) is 36.8 Å². The molecule has 26 heavy (non-hydrogen) atoms. The first kappa shape index (κ1) is 18.6. The van der Waals surface area contributed by atoms with Crippen LogP contribution in [0.2, 0.25) is 0 Å². The summed E-state index contributed by atoms with van der Waals surface area (Å²) in [7, 11) is 2.03. The summed E-state index contributed by atoms with van der Waals surface area (Å²) in [5.41, 5.74) is 8.39. The Balaban J connectivity index is 1.65. The quantitative estimate of drug-likeness (QED) is 0.710. The van der Waals surface area contributed by atoms with Crippen LogP contribution in [0, 0.1) is 11.7 Å². The Hall–Kier alpha value is -2.15. The number of hydrogen-bond donors (Lipinski definition) is 3. The summed E-state index contributed by atoms with van der Waals surface area (Å²) in [4.78, 5) is 2.18. The van der Waals surface area contributed by atoms with E-state index >= 15 is 0 Å². The number of phenolic OH excluding ortho intramolecular Hbond substituents is 1. The SMILES string of the molecule is CCOc1cccc(CN(C)CC2CNNC2c2ccc(F)cc2)c1O. The second-order valence-corrected chi connectivity index (χ2v) is 6.71. The third-order valence-corrected chi connectivity index (χ3v) is 4.69. The number of hydrazine groups is 1. The summed E-state index contributed by atoms with van der Waals surface area (Å²) in [6.45, 7) is 4.70. The number of ether oxygens (including phenoxy) is 1. The third-order valence-electron chi connectivity index (χ3n) is 4.69. The Bertz CT molecular complexity index is 723. The zero-order chi connectivity index (χ0) is 18.5. The van der Waals surface area contributed by atoms with E-state index in [0.29, 0.717) is 24.8 Å². The smallest absolute Gasteiger partial charge is 0.162 e. The minimum Gasteiger partial charge on any atom is -0.504 e. The van der Waals surface area contributed by atoms with Crippen LogP contribution < -0.4 is 15.6 Å². The fraction of sp³-hybridized carbons (Fsp3) is 0.400. The molecule has 140 valence electrons. The summed E-state index contributed by atoms with van der Waals surface area (Å²) in [6.07, 6.45) is 0. The summed E-state index contributed by atoms with van der Waals surface area (Å²) in [5, 5.41) is 10.4. The van der Waals surface area contributed by atoms with Gasteiger partial charge >= 0.3 is 0 Å². The molecular formula is C20H26FN3O2. The van der Waals surface area contributed by atoms with E-state index < -0.39 is 0 Å². The number of hydrogen-bond acceptors (Lipinski definition) is 5. The van der Waals surface area contributed by atoms with Crippen molar-refractivity contribution in [2.75, 3.05) is 26.7 Å². The van der Waals surface area contributed by atoms with Gasteiger partial charge in [-0.15, -0.1) is 0 Å². The molecule has 3 N–H and O–H groups in total. The van der Waals surface area contributed by atoms with Crippen LogP contribution in [0.4, 0.5) is 4.39 Å². The Morgan fingerprint density at radius 3 is 2.73 bits per heavy atom. The number of nitrogens with one attached hydrogen (secondary N) is 2. The van der Waals surface area contributed by atoms with Crippen molar-refractivity contribution < 1.29 is 14.2 Å². The number of para-hydroxylation sites is 1. The molecule has 0 aliphatic carbocycles. The predicted octanol–water partition coefficient (Wildman–Crippen LogP) is 2.83. The van der Waals surface area contributed by atoms with Crippen molar-refractivity contribution in [3.63, 3.8) is 0 Å². The normalized spacial score (nSPS) is 19.8. The van der Waals surface area contributed by atoms with Crippen LogP contribution in [0.25, 0.3) is 0 Å². The molecule has 1 aliphatic rings. The van der Waals surface area contributed by atoms with Gasteiger partial charge in [-0.05, 0) is 37.7 Å². The van der Waals surface area contributed by atoms with Gasteiger partial charge in [0.25, 0.3) is 0 Å². The molecule has 0 radical (unpaired) electrons. The second kappa shape index (κ2) is 8.49. The lowest BCUT2D eigenvalue weighted by Crippen LogP contribution is -2.30. The lowest BCUT2D eigenvalue weighted by Gasteiger charge is -2.25. The number of benzene rings is 2. The average Bonchev–Trinajstić information content (AvgIpc) is 3.07. The zero-order valence-corrected chi connectivity index (χ0v) is 15.2. The minimum atomic E-state index is -0.224. The Morgan fingerprint density at radius 2 is 2.00 bits per heavy atom. The van der Waals surface area contributed by atoms with Crippen LogP contribution >= 0.6 is 0 Å². The number of halogens is 1. The number of rotatable bonds is 7. The van der Waals surface area contributed by atoms with Gasteiger partial charge in [0.1, 0.15) is 5.82 Å². The predicted molar refractivity (Wildman–Crippen MR) is 99.4 cm³/mol. The molecule has 1 fully saturated rings. The Kier molecular flexibility index (Phi) is 6.08. The standard InChI is InChI=1S/C20H26FN3O2/c1-3-26-18-6-4-5-15(20(18)25)12-24(2)13-16-11-22-23-19(16)14-7-9-17(21)10-8-14/h4-10,16,19,22-23,25H,3,11-13H2,1-2H3. The fourth-order valence-electron chi connectivity index (χ4n) is 3.45. The van der Waals surface area contributed by atoms with E-state index in [-0.39, 0.29) is 17.6 Å². The molecule has 1 aliphatic heterocycles. The molecule has 6 heteroatoms. The number of phenols is 1. The first-order valence-electron chi connectivity index (χ1n) is 8.94. The molecule has 3 rings (SSSR count). The van der Waals surface area contributed by atoms with Gasteiger partial charge in [-0.25, -0.2) is 9.82 Å². The van der Waals surface area contributed by atoms with E-state index in [2.05, 4.69) is 15.8 Å². The van der Waals surface area contributed by atoms with Crippen LogP contribution in [0.15, 0.2) is 42.5 Å². The van der Waals surface area contributed by atoms with Gasteiger partial charge in [-0.1, -0.05) is 24.3 Å². The summed E-state index contributed by atoms with van der Waals surface area (Å²) in [6, 6.07) is 12.3. The molecule has 2 unspecified atom stereocenters. The number of nitrogens with zero attached hydrogens (tertiary/aromatic N) is 1. The van der Waals surface area contributed by atoms with Gasteiger partial charge in [-0.3, -0.25) is 5.43 Å². The molecule has 2 atom stereocenters. The van der Waals surface area contributed by atoms with Crippen LogP contribution in [0.1, 0.15) is 24.1 Å². The van der Waals surface area contributed by atoms with Crippen molar-refractivity contribution in [3.8, 4) is 11.5 Å². The van der Waals surface area contributed by atoms with Gasteiger partial charge in [0.05, 0.1) is 12.6 Å². The Morgan fingerprint density at radius 1 is 1.23 bits per heavy atom. The molecule has 1 heterocycles. The summed E-state index contributed by atoms with van der Waals surface area (Å²) < 4.78 is 18.6. The van der Waals surface area contributed by atoms with Crippen molar-refractivity contribution in [1.82, 2.24) is 15.8 Å². The summed E-state index contributed by atoms with van der Waals surface area (Å²) >= 11 is 0. The van der Waals surface area contributed by atoms with E-state index in [1.807, 2.05) is 38.2 Å². The minimum absolute atomic E-state index is 0.126. The van der Waals surface area contributed by atoms with Crippen molar-refractivity contribution in [2.24, 2.45) is 5.92 Å². The topological polar surface area (TPSA) is 56.8 Å². The summed E-state index contributed by atoms with van der Waals surface area (Å²) in [5.74, 6) is 0.839. The van der Waals surface area contributed by atoms with Gasteiger partial charge < -0.3 is 14.7 Å². The van der Waals surface area contributed by atoms with Crippen molar-refractivity contribution in [3.05, 3.63) is 59.4 Å². The van der Waals surface area contributed by atoms with Crippen LogP contribution in [0.3, 0.4) is 0 Å². The molecule has 0 saturated carbocycles. The fourth-order valence-corrected chi connectivity index (χ4v) is 3.45. The third kappa shape index (κ3) is 4.33. The van der Waals surface area contributed by atoms with E-state index in [9.17, 15) is 9.50 Å². The highest BCUT2D eigenvalue weighted by atomic mass is 19.1. The molecule has 5 nitrogen and oxygen atoms in total. The lowest BCUT2D eigenvalue weighted by atomic mass is 9.94.